The number of fused-ring (bicyclic) bond motifs is 1. The van der Waals surface area contributed by atoms with E-state index in [0.29, 0.717) is 6.42 Å². The summed E-state index contributed by atoms with van der Waals surface area (Å²) < 4.78 is 0. The SMILES string of the molecule is CCC(C(=O)O)c1ccc2c(c1)CN(CC)C2. The first-order valence-corrected chi connectivity index (χ1v) is 6.22. The number of nitrogens with zero attached hydrogens (tertiary/aromatic N) is 1. The molecule has 1 unspecified atom stereocenters. The molecule has 0 amide bonds. The monoisotopic (exact) mass is 233 g/mol. The molecular formula is C14H19NO2. The van der Waals surface area contributed by atoms with Gasteiger partial charge in [0.15, 0.2) is 0 Å². The van der Waals surface area contributed by atoms with Crippen LogP contribution in [-0.4, -0.2) is 22.5 Å². The van der Waals surface area contributed by atoms with Crippen molar-refractivity contribution in [2.75, 3.05) is 6.54 Å². The number of rotatable bonds is 4. The molecule has 0 fully saturated rings. The predicted molar refractivity (Wildman–Crippen MR) is 66.9 cm³/mol. The first-order valence-electron chi connectivity index (χ1n) is 6.22. The van der Waals surface area contributed by atoms with Crippen LogP contribution < -0.4 is 0 Å². The average molecular weight is 233 g/mol. The molecule has 0 spiro atoms. The Kier molecular flexibility index (Phi) is 3.48. The van der Waals surface area contributed by atoms with E-state index < -0.39 is 5.97 Å². The fourth-order valence-electron chi connectivity index (χ4n) is 2.48. The van der Waals surface area contributed by atoms with Gasteiger partial charge in [0.1, 0.15) is 0 Å². The molecule has 0 saturated heterocycles. The van der Waals surface area contributed by atoms with Crippen LogP contribution in [0.15, 0.2) is 18.2 Å². The van der Waals surface area contributed by atoms with E-state index in [0.717, 1.165) is 25.2 Å². The quantitative estimate of drug-likeness (QED) is 0.869. The second-order valence-electron chi connectivity index (χ2n) is 4.63. The lowest BCUT2D eigenvalue weighted by Gasteiger charge is -2.11. The number of carboxylic acids is 1. The van der Waals surface area contributed by atoms with Gasteiger partial charge in [-0.1, -0.05) is 32.0 Å². The van der Waals surface area contributed by atoms with Crippen molar-refractivity contribution in [2.24, 2.45) is 0 Å². The second kappa shape index (κ2) is 4.88. The molecule has 1 aliphatic rings. The third-order valence-corrected chi connectivity index (χ3v) is 3.57. The Bertz CT molecular complexity index is 428. The lowest BCUT2D eigenvalue weighted by molar-refractivity contribution is -0.138. The first kappa shape index (κ1) is 12.1. The normalized spacial score (nSPS) is 16.8. The summed E-state index contributed by atoms with van der Waals surface area (Å²) in [4.78, 5) is 13.5. The molecule has 17 heavy (non-hydrogen) atoms. The van der Waals surface area contributed by atoms with Crippen LogP contribution in [0.1, 0.15) is 42.9 Å². The van der Waals surface area contributed by atoms with Gasteiger partial charge in [0.25, 0.3) is 0 Å². The largest absolute Gasteiger partial charge is 0.481 e. The van der Waals surface area contributed by atoms with Crippen molar-refractivity contribution in [1.29, 1.82) is 0 Å². The third kappa shape index (κ3) is 2.34. The van der Waals surface area contributed by atoms with Crippen molar-refractivity contribution in [3.63, 3.8) is 0 Å². The minimum Gasteiger partial charge on any atom is -0.481 e. The number of aliphatic carboxylic acids is 1. The molecule has 0 radical (unpaired) electrons. The highest BCUT2D eigenvalue weighted by Crippen LogP contribution is 2.28. The summed E-state index contributed by atoms with van der Waals surface area (Å²) in [6, 6.07) is 6.14. The molecule has 1 atom stereocenters. The highest BCUT2D eigenvalue weighted by atomic mass is 16.4. The van der Waals surface area contributed by atoms with Crippen LogP contribution in [0.5, 0.6) is 0 Å². The lowest BCUT2D eigenvalue weighted by atomic mass is 9.94. The summed E-state index contributed by atoms with van der Waals surface area (Å²) in [5.74, 6) is -1.09. The van der Waals surface area contributed by atoms with Gasteiger partial charge in [-0.3, -0.25) is 9.69 Å². The Morgan fingerprint density at radius 2 is 2.06 bits per heavy atom. The molecule has 92 valence electrons. The molecule has 0 saturated carbocycles. The minimum absolute atomic E-state index is 0.365. The zero-order valence-corrected chi connectivity index (χ0v) is 10.4. The number of hydrogen-bond acceptors (Lipinski definition) is 2. The van der Waals surface area contributed by atoms with E-state index in [-0.39, 0.29) is 5.92 Å². The molecule has 1 heterocycles. The van der Waals surface area contributed by atoms with Gasteiger partial charge in [-0.2, -0.15) is 0 Å². The smallest absolute Gasteiger partial charge is 0.310 e. The van der Waals surface area contributed by atoms with Crippen LogP contribution in [0.25, 0.3) is 0 Å². The minimum atomic E-state index is -0.724. The summed E-state index contributed by atoms with van der Waals surface area (Å²) in [6.07, 6.45) is 0.644. The zero-order valence-electron chi connectivity index (χ0n) is 10.4. The van der Waals surface area contributed by atoms with E-state index in [1.54, 1.807) is 0 Å². The molecule has 1 N–H and O–H groups in total. The zero-order chi connectivity index (χ0) is 12.4. The summed E-state index contributed by atoms with van der Waals surface area (Å²) in [5, 5.41) is 9.16. The molecule has 0 aromatic heterocycles. The van der Waals surface area contributed by atoms with Crippen LogP contribution in [0.3, 0.4) is 0 Å². The summed E-state index contributed by atoms with van der Waals surface area (Å²) in [6.45, 7) is 7.06. The van der Waals surface area contributed by atoms with E-state index >= 15 is 0 Å². The summed E-state index contributed by atoms with van der Waals surface area (Å²) >= 11 is 0. The fourth-order valence-corrected chi connectivity index (χ4v) is 2.48. The highest BCUT2D eigenvalue weighted by molar-refractivity contribution is 5.76. The maximum atomic E-state index is 11.1. The van der Waals surface area contributed by atoms with Crippen molar-refractivity contribution in [1.82, 2.24) is 4.90 Å². The molecule has 1 aliphatic heterocycles. The standard InChI is InChI=1S/C14H19NO2/c1-3-13(14(16)17)10-5-6-11-8-15(4-2)9-12(11)7-10/h5-7,13H,3-4,8-9H2,1-2H3,(H,16,17). The fraction of sp³-hybridized carbons (Fsp3) is 0.500. The van der Waals surface area contributed by atoms with Crippen molar-refractivity contribution >= 4 is 5.97 Å². The van der Waals surface area contributed by atoms with Crippen LogP contribution in [0.4, 0.5) is 0 Å². The van der Waals surface area contributed by atoms with Gasteiger partial charge in [0.05, 0.1) is 5.92 Å². The predicted octanol–water partition coefficient (Wildman–Crippen LogP) is 2.60. The van der Waals surface area contributed by atoms with E-state index in [4.69, 9.17) is 5.11 Å². The molecule has 2 rings (SSSR count). The first-order chi connectivity index (χ1) is 8.15. The van der Waals surface area contributed by atoms with Gasteiger partial charge in [0.2, 0.25) is 0 Å². The van der Waals surface area contributed by atoms with Crippen LogP contribution in [0, 0.1) is 0 Å². The van der Waals surface area contributed by atoms with Gasteiger partial charge in [0, 0.05) is 13.1 Å². The number of carbonyl (C=O) groups is 1. The molecule has 0 aliphatic carbocycles. The maximum Gasteiger partial charge on any atom is 0.310 e. The van der Waals surface area contributed by atoms with Crippen molar-refractivity contribution in [2.45, 2.75) is 39.3 Å². The topological polar surface area (TPSA) is 40.5 Å². The Morgan fingerprint density at radius 1 is 1.35 bits per heavy atom. The summed E-state index contributed by atoms with van der Waals surface area (Å²) in [5.41, 5.74) is 3.58. The number of hydrogen-bond donors (Lipinski definition) is 1. The number of benzene rings is 1. The Labute approximate surface area is 102 Å². The van der Waals surface area contributed by atoms with Crippen LogP contribution in [0.2, 0.25) is 0 Å². The van der Waals surface area contributed by atoms with Gasteiger partial charge in [-0.15, -0.1) is 0 Å². The van der Waals surface area contributed by atoms with E-state index in [1.165, 1.54) is 11.1 Å². The van der Waals surface area contributed by atoms with Gasteiger partial charge >= 0.3 is 5.97 Å². The molecule has 0 bridgehead atoms. The molecule has 3 heteroatoms. The van der Waals surface area contributed by atoms with Crippen molar-refractivity contribution in [3.05, 3.63) is 34.9 Å². The van der Waals surface area contributed by atoms with Crippen LogP contribution in [-0.2, 0) is 17.9 Å². The van der Waals surface area contributed by atoms with Gasteiger partial charge in [-0.05, 0) is 29.7 Å². The Balaban J connectivity index is 2.26. The molecule has 1 aromatic rings. The Morgan fingerprint density at radius 3 is 2.65 bits per heavy atom. The summed E-state index contributed by atoms with van der Waals surface area (Å²) in [7, 11) is 0. The lowest BCUT2D eigenvalue weighted by Crippen LogP contribution is -2.14. The van der Waals surface area contributed by atoms with Crippen molar-refractivity contribution < 1.29 is 9.90 Å². The molecule has 3 nitrogen and oxygen atoms in total. The average Bonchev–Trinajstić information content (AvgIpc) is 2.71. The molecular weight excluding hydrogens is 214 g/mol. The van der Waals surface area contributed by atoms with Gasteiger partial charge in [-0.25, -0.2) is 0 Å². The van der Waals surface area contributed by atoms with E-state index in [2.05, 4.69) is 24.0 Å². The third-order valence-electron chi connectivity index (χ3n) is 3.57. The number of carboxylic acid groups (broad SMARTS) is 1. The van der Waals surface area contributed by atoms with Crippen molar-refractivity contribution in [3.8, 4) is 0 Å². The highest BCUT2D eigenvalue weighted by Gasteiger charge is 2.22. The van der Waals surface area contributed by atoms with Gasteiger partial charge < -0.3 is 5.11 Å². The second-order valence-corrected chi connectivity index (χ2v) is 4.63. The van der Waals surface area contributed by atoms with E-state index in [9.17, 15) is 4.79 Å². The maximum absolute atomic E-state index is 11.1. The Hall–Kier alpha value is -1.35. The van der Waals surface area contributed by atoms with E-state index in [1.807, 2.05) is 13.0 Å². The van der Waals surface area contributed by atoms with Crippen LogP contribution >= 0.6 is 0 Å². The molecule has 1 aromatic carbocycles.